The summed E-state index contributed by atoms with van der Waals surface area (Å²) in [5.74, 6) is -0.267. The summed E-state index contributed by atoms with van der Waals surface area (Å²) in [5.41, 5.74) is 1.03. The zero-order valence-electron chi connectivity index (χ0n) is 13.7. The van der Waals surface area contributed by atoms with Gasteiger partial charge in [0.2, 0.25) is 0 Å². The standard InChI is InChI=1S/C17H23NO4S/c1-18-12-6-9-15(18)16(17(19)22-2)14(10-12)11-4-7-13(8-5-11)23(3,20)21/h4-5,7-8,12,14-16H,6,9-10H2,1-3H3/t12?,14-,15?,16+/m1/s1. The summed E-state index contributed by atoms with van der Waals surface area (Å²) in [6.07, 6.45) is 4.23. The maximum atomic E-state index is 12.4. The Morgan fingerprint density at radius 3 is 2.43 bits per heavy atom. The Labute approximate surface area is 137 Å². The fourth-order valence-corrected chi connectivity index (χ4v) is 4.86. The highest BCUT2D eigenvalue weighted by molar-refractivity contribution is 7.90. The molecule has 1 aromatic carbocycles. The van der Waals surface area contributed by atoms with Gasteiger partial charge in [-0.15, -0.1) is 0 Å². The lowest BCUT2D eigenvalue weighted by molar-refractivity contribution is -0.150. The van der Waals surface area contributed by atoms with Gasteiger partial charge in [0.1, 0.15) is 0 Å². The molecule has 0 spiro atoms. The van der Waals surface area contributed by atoms with Crippen LogP contribution in [0.3, 0.4) is 0 Å². The number of sulfone groups is 1. The van der Waals surface area contributed by atoms with Gasteiger partial charge in [0, 0.05) is 24.3 Å². The molecule has 2 aliphatic rings. The maximum absolute atomic E-state index is 12.4. The highest BCUT2D eigenvalue weighted by atomic mass is 32.2. The largest absolute Gasteiger partial charge is 0.469 e. The van der Waals surface area contributed by atoms with Crippen LogP contribution < -0.4 is 0 Å². The Kier molecular flexibility index (Phi) is 4.23. The molecule has 126 valence electrons. The van der Waals surface area contributed by atoms with E-state index >= 15 is 0 Å². The summed E-state index contributed by atoms with van der Waals surface area (Å²) in [6, 6.07) is 7.67. The van der Waals surface area contributed by atoms with Crippen LogP contribution in [0.25, 0.3) is 0 Å². The smallest absolute Gasteiger partial charge is 0.310 e. The minimum Gasteiger partial charge on any atom is -0.469 e. The SMILES string of the molecule is COC(=O)[C@@H]1C2CCC(C[C@@H]1c1ccc(S(C)(=O)=O)cc1)N2C. The highest BCUT2D eigenvalue weighted by Gasteiger charge is 2.49. The molecule has 2 saturated heterocycles. The summed E-state index contributed by atoms with van der Waals surface area (Å²) in [6.45, 7) is 0. The van der Waals surface area contributed by atoms with E-state index in [1.807, 2.05) is 12.1 Å². The first-order chi connectivity index (χ1) is 10.8. The molecule has 2 fully saturated rings. The molecular formula is C17H23NO4S. The topological polar surface area (TPSA) is 63.7 Å². The fourth-order valence-electron chi connectivity index (χ4n) is 4.23. The number of benzene rings is 1. The quantitative estimate of drug-likeness (QED) is 0.788. The molecule has 3 rings (SSSR count). The molecule has 2 heterocycles. The van der Waals surface area contributed by atoms with Gasteiger partial charge in [-0.1, -0.05) is 12.1 Å². The van der Waals surface area contributed by atoms with Crippen molar-refractivity contribution in [2.24, 2.45) is 5.92 Å². The number of nitrogens with zero attached hydrogens (tertiary/aromatic N) is 1. The van der Waals surface area contributed by atoms with Gasteiger partial charge >= 0.3 is 5.97 Å². The molecule has 0 aromatic heterocycles. The molecule has 0 radical (unpaired) electrons. The van der Waals surface area contributed by atoms with E-state index in [9.17, 15) is 13.2 Å². The zero-order chi connectivity index (χ0) is 16.8. The van der Waals surface area contributed by atoms with Gasteiger partial charge in [0.15, 0.2) is 9.84 Å². The molecule has 0 N–H and O–H groups in total. The van der Waals surface area contributed by atoms with Gasteiger partial charge in [-0.05, 0) is 44.0 Å². The average molecular weight is 337 g/mol. The summed E-state index contributed by atoms with van der Waals surface area (Å²) >= 11 is 0. The van der Waals surface area contributed by atoms with Gasteiger partial charge < -0.3 is 4.74 Å². The van der Waals surface area contributed by atoms with Crippen molar-refractivity contribution in [3.63, 3.8) is 0 Å². The van der Waals surface area contributed by atoms with Crippen LogP contribution in [-0.4, -0.2) is 51.8 Å². The van der Waals surface area contributed by atoms with Gasteiger partial charge in [0.25, 0.3) is 0 Å². The Morgan fingerprint density at radius 2 is 1.87 bits per heavy atom. The second-order valence-electron chi connectivity index (χ2n) is 6.70. The van der Waals surface area contributed by atoms with Crippen molar-refractivity contribution in [2.45, 2.75) is 42.2 Å². The van der Waals surface area contributed by atoms with Gasteiger partial charge in [-0.2, -0.15) is 0 Å². The van der Waals surface area contributed by atoms with Crippen molar-refractivity contribution in [1.82, 2.24) is 4.90 Å². The van der Waals surface area contributed by atoms with E-state index < -0.39 is 9.84 Å². The molecule has 6 heteroatoms. The van der Waals surface area contributed by atoms with Crippen LogP contribution in [0.2, 0.25) is 0 Å². The average Bonchev–Trinajstić information content (AvgIpc) is 2.75. The molecule has 1 aromatic rings. The first-order valence-electron chi connectivity index (χ1n) is 7.92. The van der Waals surface area contributed by atoms with E-state index in [1.165, 1.54) is 13.4 Å². The first kappa shape index (κ1) is 16.5. The number of hydrogen-bond acceptors (Lipinski definition) is 5. The number of carbonyl (C=O) groups excluding carboxylic acids is 1. The van der Waals surface area contributed by atoms with Crippen LogP contribution in [0.5, 0.6) is 0 Å². The van der Waals surface area contributed by atoms with Crippen molar-refractivity contribution >= 4 is 15.8 Å². The number of rotatable bonds is 3. The summed E-state index contributed by atoms with van der Waals surface area (Å²) in [7, 11) is 0.320. The van der Waals surface area contributed by atoms with Crippen LogP contribution >= 0.6 is 0 Å². The van der Waals surface area contributed by atoms with Gasteiger partial charge in [-0.3, -0.25) is 9.69 Å². The normalized spacial score (nSPS) is 31.1. The van der Waals surface area contributed by atoms with Crippen molar-refractivity contribution in [3.8, 4) is 0 Å². The Morgan fingerprint density at radius 1 is 1.22 bits per heavy atom. The minimum atomic E-state index is -3.20. The van der Waals surface area contributed by atoms with Crippen LogP contribution in [-0.2, 0) is 19.4 Å². The predicted molar refractivity (Wildman–Crippen MR) is 87.0 cm³/mol. The van der Waals surface area contributed by atoms with Gasteiger partial charge in [-0.25, -0.2) is 8.42 Å². The monoisotopic (exact) mass is 337 g/mol. The van der Waals surface area contributed by atoms with E-state index in [0.717, 1.165) is 24.8 Å². The van der Waals surface area contributed by atoms with Crippen LogP contribution in [0.1, 0.15) is 30.7 Å². The Balaban J connectivity index is 1.95. The summed E-state index contributed by atoms with van der Waals surface area (Å²) < 4.78 is 28.3. The first-order valence-corrected chi connectivity index (χ1v) is 9.82. The van der Waals surface area contributed by atoms with Crippen LogP contribution in [0.15, 0.2) is 29.2 Å². The third-order valence-corrected chi connectivity index (χ3v) is 6.61. The molecule has 5 nitrogen and oxygen atoms in total. The molecule has 0 amide bonds. The second-order valence-corrected chi connectivity index (χ2v) is 8.71. The number of esters is 1. The minimum absolute atomic E-state index is 0.0877. The molecule has 23 heavy (non-hydrogen) atoms. The number of ether oxygens (including phenoxy) is 1. The maximum Gasteiger partial charge on any atom is 0.310 e. The summed E-state index contributed by atoms with van der Waals surface area (Å²) in [5, 5.41) is 0. The van der Waals surface area contributed by atoms with E-state index in [1.54, 1.807) is 12.1 Å². The molecular weight excluding hydrogens is 314 g/mol. The number of methoxy groups -OCH3 is 1. The highest BCUT2D eigenvalue weighted by Crippen LogP contribution is 2.46. The van der Waals surface area contributed by atoms with Crippen molar-refractivity contribution < 1.29 is 17.9 Å². The molecule has 0 saturated carbocycles. The Hall–Kier alpha value is -1.40. The van der Waals surface area contributed by atoms with Crippen molar-refractivity contribution in [2.75, 3.05) is 20.4 Å². The molecule has 2 bridgehead atoms. The molecule has 2 aliphatic heterocycles. The van der Waals surface area contributed by atoms with E-state index in [4.69, 9.17) is 4.74 Å². The predicted octanol–water partition coefficient (Wildman–Crippen LogP) is 1.83. The van der Waals surface area contributed by atoms with E-state index in [2.05, 4.69) is 11.9 Å². The van der Waals surface area contributed by atoms with E-state index in [0.29, 0.717) is 10.9 Å². The van der Waals surface area contributed by atoms with Crippen LogP contribution in [0.4, 0.5) is 0 Å². The third-order valence-electron chi connectivity index (χ3n) is 5.48. The third kappa shape index (κ3) is 2.90. The number of piperidine rings is 1. The second kappa shape index (κ2) is 5.91. The summed E-state index contributed by atoms with van der Waals surface area (Å²) in [4.78, 5) is 15.0. The van der Waals surface area contributed by atoms with Gasteiger partial charge in [0.05, 0.1) is 17.9 Å². The van der Waals surface area contributed by atoms with E-state index in [-0.39, 0.29) is 23.8 Å². The number of hydrogen-bond donors (Lipinski definition) is 0. The lowest BCUT2D eigenvalue weighted by atomic mass is 9.76. The van der Waals surface area contributed by atoms with Crippen molar-refractivity contribution in [1.29, 1.82) is 0 Å². The Bertz CT molecular complexity index is 698. The number of fused-ring (bicyclic) bond motifs is 2. The lowest BCUT2D eigenvalue weighted by Gasteiger charge is -2.41. The zero-order valence-corrected chi connectivity index (χ0v) is 14.5. The molecule has 0 aliphatic carbocycles. The van der Waals surface area contributed by atoms with Crippen LogP contribution in [0, 0.1) is 5.92 Å². The van der Waals surface area contributed by atoms with Crippen molar-refractivity contribution in [3.05, 3.63) is 29.8 Å². The fraction of sp³-hybridized carbons (Fsp3) is 0.588. The molecule has 4 atom stereocenters. The molecule has 2 unspecified atom stereocenters. The lowest BCUT2D eigenvalue weighted by Crippen LogP contribution is -2.49. The number of carbonyl (C=O) groups is 1.